The van der Waals surface area contributed by atoms with Gasteiger partial charge >= 0.3 is 23.9 Å². The van der Waals surface area contributed by atoms with E-state index in [0.717, 1.165) is 96.3 Å². The SMILES string of the molecule is CC/C=C\C/C=C\C/C=C\C/C=C\CCCCCCC(=O)OCC(COC1OC(C(=O)O)C(O)C(O)C1OC(=O)CCCCCCCCCCCCCCCCCCC)OC(=O)CC/C=C\C/C=C\C/C=C\C/C=C\CC. The molecule has 1 aliphatic rings. The van der Waals surface area contributed by atoms with Crippen molar-refractivity contribution in [2.45, 2.75) is 276 Å². The van der Waals surface area contributed by atoms with Gasteiger partial charge in [0.1, 0.15) is 18.8 Å². The molecule has 0 saturated carbocycles. The first kappa shape index (κ1) is 70.7. The maximum atomic E-state index is 13.1. The van der Waals surface area contributed by atoms with Gasteiger partial charge in [-0.1, -0.05) is 234 Å². The van der Waals surface area contributed by atoms with E-state index in [0.29, 0.717) is 25.7 Å². The van der Waals surface area contributed by atoms with Crippen molar-refractivity contribution in [2.24, 2.45) is 0 Å². The number of hydrogen-bond acceptors (Lipinski definition) is 11. The van der Waals surface area contributed by atoms with E-state index in [1.54, 1.807) is 0 Å². The number of carbonyl (C=O) groups excluding carboxylic acids is 3. The molecule has 1 heterocycles. The van der Waals surface area contributed by atoms with Gasteiger partial charge in [0, 0.05) is 19.3 Å². The third-order valence-corrected chi connectivity index (χ3v) is 13.2. The quantitative estimate of drug-likeness (QED) is 0.0228. The molecule has 12 heteroatoms. The van der Waals surface area contributed by atoms with Crippen LogP contribution in [-0.2, 0) is 42.9 Å². The standard InChI is InChI=1S/C65H106O12/c1-4-7-10-13-16-19-22-25-27-29-31-34-36-39-42-45-48-51-57(66)73-54-56(75-58(67)52-49-46-43-40-37-33-24-21-18-15-12-9-6-3)55-74-65-63(61(70)60(69)62(77-65)64(71)72)76-59(68)53-50-47-44-41-38-35-32-30-28-26-23-20-17-14-11-8-5-2/h7,9-10,12,16,18-19,21,25,27,31,33-34,37,43,46,56,60-63,65,69-70H,4-6,8,11,13-15,17,20,22-24,26,28-30,32,35-36,38-42,44-45,47-55H2,1-3H3,(H,71,72)/b10-7-,12-9-,19-16-,21-18-,27-25-,34-31-,37-33-,46-43-. The fraction of sp³-hybridized carbons (Fsp3) is 0.692. The molecule has 0 aromatic carbocycles. The molecular formula is C65H106O12. The van der Waals surface area contributed by atoms with Crippen LogP contribution in [0.15, 0.2) is 97.2 Å². The molecule has 0 aromatic heterocycles. The van der Waals surface area contributed by atoms with Crippen LogP contribution >= 0.6 is 0 Å². The van der Waals surface area contributed by atoms with Gasteiger partial charge < -0.3 is 39.0 Å². The zero-order chi connectivity index (χ0) is 56.1. The summed E-state index contributed by atoms with van der Waals surface area (Å²) in [7, 11) is 0. The van der Waals surface area contributed by atoms with Crippen LogP contribution in [-0.4, -0.2) is 89.2 Å². The number of unbranched alkanes of at least 4 members (excludes halogenated alkanes) is 20. The summed E-state index contributed by atoms with van der Waals surface area (Å²) >= 11 is 0. The van der Waals surface area contributed by atoms with Crippen molar-refractivity contribution in [2.75, 3.05) is 13.2 Å². The molecule has 1 aliphatic heterocycles. The first-order chi connectivity index (χ1) is 37.6. The van der Waals surface area contributed by atoms with E-state index in [2.05, 4.69) is 106 Å². The largest absolute Gasteiger partial charge is 0.479 e. The lowest BCUT2D eigenvalue weighted by Crippen LogP contribution is -2.61. The minimum atomic E-state index is -1.92. The fourth-order valence-electron chi connectivity index (χ4n) is 8.61. The van der Waals surface area contributed by atoms with Crippen LogP contribution in [0.1, 0.15) is 239 Å². The van der Waals surface area contributed by atoms with Crippen molar-refractivity contribution in [3.05, 3.63) is 97.2 Å². The second-order valence-electron chi connectivity index (χ2n) is 20.2. The number of rotatable bonds is 50. The van der Waals surface area contributed by atoms with Crippen molar-refractivity contribution >= 4 is 23.9 Å². The second kappa shape index (κ2) is 52.3. The Morgan fingerprint density at radius 3 is 1.30 bits per heavy atom. The van der Waals surface area contributed by atoms with Crippen molar-refractivity contribution < 1.29 is 58.2 Å². The molecule has 77 heavy (non-hydrogen) atoms. The summed E-state index contributed by atoms with van der Waals surface area (Å²) in [6, 6.07) is 0. The minimum absolute atomic E-state index is 0.0329. The third-order valence-electron chi connectivity index (χ3n) is 13.2. The predicted molar refractivity (Wildman–Crippen MR) is 312 cm³/mol. The lowest BCUT2D eigenvalue weighted by atomic mass is 9.98. The Kier molecular flexibility index (Phi) is 48.0. The predicted octanol–water partition coefficient (Wildman–Crippen LogP) is 15.7. The molecule has 1 rings (SSSR count). The van der Waals surface area contributed by atoms with E-state index >= 15 is 0 Å². The summed E-state index contributed by atoms with van der Waals surface area (Å²) in [5.41, 5.74) is 0. The molecule has 6 atom stereocenters. The maximum absolute atomic E-state index is 13.1. The number of ether oxygens (including phenoxy) is 5. The van der Waals surface area contributed by atoms with Crippen LogP contribution in [0.4, 0.5) is 0 Å². The van der Waals surface area contributed by atoms with Crippen LogP contribution in [0.5, 0.6) is 0 Å². The van der Waals surface area contributed by atoms with Crippen LogP contribution in [0, 0.1) is 0 Å². The molecule has 0 aromatic rings. The molecule has 0 amide bonds. The third kappa shape index (κ3) is 42.3. The van der Waals surface area contributed by atoms with E-state index in [1.807, 2.05) is 12.2 Å². The van der Waals surface area contributed by atoms with E-state index in [4.69, 9.17) is 23.7 Å². The average molecular weight is 1080 g/mol. The Bertz CT molecular complexity index is 1710. The van der Waals surface area contributed by atoms with Gasteiger partial charge in [-0.05, 0) is 83.5 Å². The first-order valence-corrected chi connectivity index (χ1v) is 30.2. The fourth-order valence-corrected chi connectivity index (χ4v) is 8.61. The van der Waals surface area contributed by atoms with E-state index in [-0.39, 0.29) is 25.9 Å². The van der Waals surface area contributed by atoms with E-state index in [9.17, 15) is 34.5 Å². The number of carboxylic acids is 1. The summed E-state index contributed by atoms with van der Waals surface area (Å²) in [6.45, 7) is 5.69. The number of aliphatic carboxylic acids is 1. The van der Waals surface area contributed by atoms with Gasteiger partial charge in [0.25, 0.3) is 0 Å². The number of allylic oxidation sites excluding steroid dienone is 16. The summed E-state index contributed by atoms with van der Waals surface area (Å²) in [4.78, 5) is 51.1. The number of aliphatic hydroxyl groups is 2. The lowest BCUT2D eigenvalue weighted by molar-refractivity contribution is -0.301. The van der Waals surface area contributed by atoms with Crippen LogP contribution in [0.2, 0.25) is 0 Å². The van der Waals surface area contributed by atoms with Gasteiger partial charge in [0.2, 0.25) is 0 Å². The molecule has 0 aliphatic carbocycles. The molecule has 0 radical (unpaired) electrons. The van der Waals surface area contributed by atoms with Gasteiger partial charge in [-0.2, -0.15) is 0 Å². The molecule has 1 fully saturated rings. The normalized spacial score (nSPS) is 18.7. The lowest BCUT2D eigenvalue weighted by Gasteiger charge is -2.40. The molecule has 12 nitrogen and oxygen atoms in total. The topological polar surface area (TPSA) is 175 Å². The summed E-state index contributed by atoms with van der Waals surface area (Å²) < 4.78 is 28.3. The highest BCUT2D eigenvalue weighted by atomic mass is 16.7. The molecule has 6 unspecified atom stereocenters. The van der Waals surface area contributed by atoms with Crippen LogP contribution in [0.3, 0.4) is 0 Å². The summed E-state index contributed by atoms with van der Waals surface area (Å²) in [5.74, 6) is -3.26. The molecular weight excluding hydrogens is 973 g/mol. The highest BCUT2D eigenvalue weighted by Crippen LogP contribution is 2.26. The summed E-state index contributed by atoms with van der Waals surface area (Å²) in [6.07, 6.45) is 56.8. The minimum Gasteiger partial charge on any atom is -0.479 e. The molecule has 3 N–H and O–H groups in total. The number of esters is 3. The average Bonchev–Trinajstić information content (AvgIpc) is 3.42. The summed E-state index contributed by atoms with van der Waals surface area (Å²) in [5, 5.41) is 31.5. The van der Waals surface area contributed by atoms with Crippen molar-refractivity contribution in [3.8, 4) is 0 Å². The zero-order valence-electron chi connectivity index (χ0n) is 48.2. The van der Waals surface area contributed by atoms with Crippen molar-refractivity contribution in [3.63, 3.8) is 0 Å². The van der Waals surface area contributed by atoms with Crippen LogP contribution in [0.25, 0.3) is 0 Å². The Morgan fingerprint density at radius 2 is 0.844 bits per heavy atom. The van der Waals surface area contributed by atoms with Gasteiger partial charge in [-0.15, -0.1) is 0 Å². The van der Waals surface area contributed by atoms with Gasteiger partial charge in [0.15, 0.2) is 24.6 Å². The molecule has 1 saturated heterocycles. The highest BCUT2D eigenvalue weighted by Gasteiger charge is 2.50. The molecule has 438 valence electrons. The van der Waals surface area contributed by atoms with E-state index < -0.39 is 67.3 Å². The highest BCUT2D eigenvalue weighted by molar-refractivity contribution is 5.74. The Balaban J connectivity index is 2.72. The van der Waals surface area contributed by atoms with Crippen LogP contribution < -0.4 is 0 Å². The maximum Gasteiger partial charge on any atom is 0.335 e. The van der Waals surface area contributed by atoms with E-state index in [1.165, 1.54) is 77.0 Å². The second-order valence-corrected chi connectivity index (χ2v) is 20.2. The zero-order valence-corrected chi connectivity index (χ0v) is 48.2. The van der Waals surface area contributed by atoms with Crippen molar-refractivity contribution in [1.29, 1.82) is 0 Å². The number of carbonyl (C=O) groups is 4. The van der Waals surface area contributed by atoms with Gasteiger partial charge in [-0.3, -0.25) is 14.4 Å². The monoisotopic (exact) mass is 1080 g/mol. The molecule has 0 bridgehead atoms. The number of hydrogen-bond donors (Lipinski definition) is 3. The van der Waals surface area contributed by atoms with Gasteiger partial charge in [-0.25, -0.2) is 4.79 Å². The van der Waals surface area contributed by atoms with Gasteiger partial charge in [0.05, 0.1) is 6.61 Å². The smallest absolute Gasteiger partial charge is 0.335 e. The Labute approximate surface area is 466 Å². The number of aliphatic hydroxyl groups excluding tert-OH is 2. The molecule has 0 spiro atoms. The van der Waals surface area contributed by atoms with Crippen molar-refractivity contribution in [1.82, 2.24) is 0 Å². The Hall–Kier alpha value is -4.36. The first-order valence-electron chi connectivity index (χ1n) is 30.2. The number of carboxylic acid groups (broad SMARTS) is 1. The Morgan fingerprint density at radius 1 is 0.442 bits per heavy atom.